The molecule has 0 aliphatic rings. The van der Waals surface area contributed by atoms with Gasteiger partial charge in [0.15, 0.2) is 6.07 Å². The lowest BCUT2D eigenvalue weighted by atomic mass is 10.5. The van der Waals surface area contributed by atoms with Crippen molar-refractivity contribution < 1.29 is 14.5 Å². The van der Waals surface area contributed by atoms with Crippen LogP contribution in [0.2, 0.25) is 0 Å². The van der Waals surface area contributed by atoms with E-state index in [1.807, 2.05) is 0 Å². The van der Waals surface area contributed by atoms with E-state index >= 15 is 0 Å². The van der Waals surface area contributed by atoms with Gasteiger partial charge < -0.3 is 15.3 Å². The normalized spacial score (nSPS) is 9.00. The average Bonchev–Trinajstić information content (AvgIpc) is 2.30. The third-order valence-corrected chi connectivity index (χ3v) is 0.875. The van der Waals surface area contributed by atoms with Crippen molar-refractivity contribution in [3.63, 3.8) is 0 Å². The molecule has 0 saturated carbocycles. The van der Waals surface area contributed by atoms with Crippen molar-refractivity contribution in [3.8, 4) is 6.07 Å². The second-order valence-electron chi connectivity index (χ2n) is 1.47. The number of nitriles is 1. The summed E-state index contributed by atoms with van der Waals surface area (Å²) in [5.41, 5.74) is -0.755. The fraction of sp³-hybridized carbons (Fsp3) is 0. The molecule has 1 aromatic heterocycles. The standard InChI is InChI=1S/C3N4O4/c4-1-2-3(6(8)9)5-11-7(2)10. The Morgan fingerprint density at radius 1 is 1.82 bits per heavy atom. The summed E-state index contributed by atoms with van der Waals surface area (Å²) >= 11 is 0. The maximum atomic E-state index is 10.3. The van der Waals surface area contributed by atoms with Gasteiger partial charge in [-0.2, -0.15) is 5.26 Å². The number of hydrogen-bond acceptors (Lipinski definition) is 6. The molecule has 56 valence electrons. The molecule has 8 nitrogen and oxygen atoms in total. The summed E-state index contributed by atoms with van der Waals surface area (Å²) in [5, 5.41) is 31.2. The van der Waals surface area contributed by atoms with Crippen molar-refractivity contribution in [1.82, 2.24) is 5.16 Å². The zero-order valence-corrected chi connectivity index (χ0v) is 4.92. The number of aromatic nitrogens is 2. The maximum Gasteiger partial charge on any atom is 0.451 e. The third-order valence-electron chi connectivity index (χ3n) is 0.875. The van der Waals surface area contributed by atoms with Gasteiger partial charge in [0.25, 0.3) is 0 Å². The van der Waals surface area contributed by atoms with E-state index in [9.17, 15) is 15.3 Å². The minimum absolute atomic E-state index is 0.321. The van der Waals surface area contributed by atoms with Gasteiger partial charge in [0.1, 0.15) is 0 Å². The maximum absolute atomic E-state index is 10.3. The van der Waals surface area contributed by atoms with E-state index in [0.29, 0.717) is 0 Å². The first-order chi connectivity index (χ1) is 5.16. The van der Waals surface area contributed by atoms with Crippen LogP contribution in [0.15, 0.2) is 4.63 Å². The zero-order valence-electron chi connectivity index (χ0n) is 4.92. The first-order valence-corrected chi connectivity index (χ1v) is 2.31. The van der Waals surface area contributed by atoms with Crippen LogP contribution in [0.25, 0.3) is 0 Å². The second-order valence-corrected chi connectivity index (χ2v) is 1.47. The highest BCUT2D eigenvalue weighted by Crippen LogP contribution is 2.07. The minimum atomic E-state index is -0.976. The lowest BCUT2D eigenvalue weighted by Crippen LogP contribution is -2.26. The third kappa shape index (κ3) is 0.940. The van der Waals surface area contributed by atoms with Crippen LogP contribution in [0.4, 0.5) is 5.82 Å². The molecule has 0 spiro atoms. The summed E-state index contributed by atoms with van der Waals surface area (Å²) in [6.45, 7) is 0. The van der Waals surface area contributed by atoms with E-state index in [1.54, 1.807) is 0 Å². The molecule has 1 aromatic rings. The topological polar surface area (TPSA) is 120 Å². The number of nitro groups is 1. The Morgan fingerprint density at radius 3 is 2.82 bits per heavy atom. The van der Waals surface area contributed by atoms with Crippen LogP contribution in [0.3, 0.4) is 0 Å². The predicted molar refractivity (Wildman–Crippen MR) is 26.8 cm³/mol. The largest absolute Gasteiger partial charge is 0.451 e. The molecule has 0 aliphatic heterocycles. The molecule has 0 radical (unpaired) electrons. The highest BCUT2D eigenvalue weighted by Gasteiger charge is 2.24. The Morgan fingerprint density at radius 2 is 2.45 bits per heavy atom. The SMILES string of the molecule is N#Cc1c([N+](=O)[O-])no[n+]1[O-]. The van der Waals surface area contributed by atoms with Gasteiger partial charge in [0.05, 0.1) is 5.16 Å². The summed E-state index contributed by atoms with van der Waals surface area (Å²) in [4.78, 5) is 8.68. The Balaban J connectivity index is 3.30. The van der Waals surface area contributed by atoms with Gasteiger partial charge in [-0.1, -0.05) is 0 Å². The fourth-order valence-electron chi connectivity index (χ4n) is 0.452. The number of hydrogen-bond donors (Lipinski definition) is 0. The first kappa shape index (κ1) is 6.94. The van der Waals surface area contributed by atoms with Crippen LogP contribution in [-0.2, 0) is 0 Å². The van der Waals surface area contributed by atoms with E-state index in [0.717, 1.165) is 0 Å². The van der Waals surface area contributed by atoms with E-state index in [4.69, 9.17) is 5.26 Å². The van der Waals surface area contributed by atoms with Gasteiger partial charge in [-0.05, 0) is 9.83 Å². The van der Waals surface area contributed by atoms with Crippen LogP contribution in [0, 0.1) is 26.7 Å². The molecule has 0 fully saturated rings. The molecule has 8 heteroatoms. The van der Waals surface area contributed by atoms with E-state index in [-0.39, 0.29) is 4.90 Å². The Bertz CT molecular complexity index is 336. The van der Waals surface area contributed by atoms with E-state index in [1.165, 1.54) is 6.07 Å². The van der Waals surface area contributed by atoms with Gasteiger partial charge in [0.2, 0.25) is 0 Å². The number of nitrogens with zero attached hydrogens (tertiary/aromatic N) is 4. The fourth-order valence-corrected chi connectivity index (χ4v) is 0.452. The van der Waals surface area contributed by atoms with Crippen LogP contribution < -0.4 is 4.90 Å². The van der Waals surface area contributed by atoms with Crippen molar-refractivity contribution in [1.29, 1.82) is 5.26 Å². The molecule has 0 N–H and O–H groups in total. The smallest absolute Gasteiger partial charge is 0.358 e. The summed E-state index contributed by atoms with van der Waals surface area (Å²) in [5.74, 6) is -0.873. The Labute approximate surface area is 58.9 Å². The van der Waals surface area contributed by atoms with E-state index < -0.39 is 16.4 Å². The average molecular weight is 156 g/mol. The summed E-state index contributed by atoms with van der Waals surface area (Å²) in [6, 6.07) is 1.28. The first-order valence-electron chi connectivity index (χ1n) is 2.31. The van der Waals surface area contributed by atoms with Crippen molar-refractivity contribution in [2.75, 3.05) is 0 Å². The molecule has 1 heterocycles. The van der Waals surface area contributed by atoms with Gasteiger partial charge in [-0.3, -0.25) is 4.63 Å². The predicted octanol–water partition coefficient (Wildman–Crippen LogP) is -0.912. The highest BCUT2D eigenvalue weighted by molar-refractivity contribution is 5.30. The number of rotatable bonds is 1. The Hall–Kier alpha value is -2.17. The molecular weight excluding hydrogens is 156 g/mol. The Kier molecular flexibility index (Phi) is 1.40. The second kappa shape index (κ2) is 2.22. The molecular formula is C3N4O4. The molecule has 11 heavy (non-hydrogen) atoms. The van der Waals surface area contributed by atoms with Gasteiger partial charge in [0, 0.05) is 0 Å². The molecule has 0 aliphatic carbocycles. The highest BCUT2D eigenvalue weighted by atomic mass is 16.8. The summed E-state index contributed by atoms with van der Waals surface area (Å²) in [7, 11) is 0. The molecule has 0 atom stereocenters. The summed E-state index contributed by atoms with van der Waals surface area (Å²) in [6.07, 6.45) is 0. The molecule has 0 saturated heterocycles. The van der Waals surface area contributed by atoms with Crippen LogP contribution in [-0.4, -0.2) is 10.1 Å². The molecule has 0 amide bonds. The van der Waals surface area contributed by atoms with Gasteiger partial charge in [-0.15, -0.1) is 0 Å². The van der Waals surface area contributed by atoms with Crippen molar-refractivity contribution in [2.24, 2.45) is 0 Å². The monoisotopic (exact) mass is 156 g/mol. The van der Waals surface area contributed by atoms with Gasteiger partial charge in [-0.25, -0.2) is 0 Å². The van der Waals surface area contributed by atoms with Crippen LogP contribution in [0.5, 0.6) is 0 Å². The molecule has 0 bridgehead atoms. The lowest BCUT2D eigenvalue weighted by molar-refractivity contribution is -0.804. The summed E-state index contributed by atoms with van der Waals surface area (Å²) < 4.78 is 3.79. The quantitative estimate of drug-likeness (QED) is 0.294. The van der Waals surface area contributed by atoms with Gasteiger partial charge >= 0.3 is 11.5 Å². The molecule has 1 rings (SSSR count). The molecule has 0 aromatic carbocycles. The van der Waals surface area contributed by atoms with E-state index in [2.05, 4.69) is 9.79 Å². The van der Waals surface area contributed by atoms with Crippen LogP contribution in [0.1, 0.15) is 5.69 Å². The lowest BCUT2D eigenvalue weighted by Gasteiger charge is -1.83. The van der Waals surface area contributed by atoms with Crippen molar-refractivity contribution in [3.05, 3.63) is 21.0 Å². The van der Waals surface area contributed by atoms with Crippen molar-refractivity contribution in [2.45, 2.75) is 0 Å². The zero-order chi connectivity index (χ0) is 8.43. The van der Waals surface area contributed by atoms with Crippen molar-refractivity contribution >= 4 is 5.82 Å². The minimum Gasteiger partial charge on any atom is -0.358 e. The molecule has 0 unspecified atom stereocenters. The van der Waals surface area contributed by atoms with Crippen LogP contribution >= 0.6 is 0 Å².